The van der Waals surface area contributed by atoms with Gasteiger partial charge in [0.05, 0.1) is 0 Å². The molecule has 0 saturated carbocycles. The van der Waals surface area contributed by atoms with Gasteiger partial charge in [0, 0.05) is 5.75 Å². The number of aromatic nitrogens is 4. The highest BCUT2D eigenvalue weighted by atomic mass is 32.2. The van der Waals surface area contributed by atoms with Gasteiger partial charge in [-0.3, -0.25) is 0 Å². The molecule has 2 aromatic rings. The minimum atomic E-state index is 0.0406. The van der Waals surface area contributed by atoms with Crippen LogP contribution in [0.5, 0.6) is 0 Å². The van der Waals surface area contributed by atoms with Gasteiger partial charge in [-0.1, -0.05) is 48.7 Å². The minimum Gasteiger partial charge on any atom is -0.511 e. The first-order valence-electron chi connectivity index (χ1n) is 5.05. The summed E-state index contributed by atoms with van der Waals surface area (Å²) in [6.45, 7) is 3.65. The van der Waals surface area contributed by atoms with Gasteiger partial charge in [0.25, 0.3) is 0 Å². The van der Waals surface area contributed by atoms with Crippen molar-refractivity contribution >= 4 is 11.8 Å². The third kappa shape index (κ3) is 3.32. The molecule has 0 aliphatic heterocycles. The van der Waals surface area contributed by atoms with Crippen LogP contribution in [0, 0.1) is 0 Å². The lowest BCUT2D eigenvalue weighted by atomic mass is 10.2. The van der Waals surface area contributed by atoms with E-state index >= 15 is 0 Å². The molecule has 1 heterocycles. The number of aliphatic hydroxyl groups excluding tert-OH is 1. The third-order valence-corrected chi connectivity index (χ3v) is 3.07. The fourth-order valence-electron chi connectivity index (χ4n) is 1.29. The zero-order chi connectivity index (χ0) is 12.1. The molecule has 0 spiro atoms. The molecule has 0 saturated heterocycles. The largest absolute Gasteiger partial charge is 0.511 e. The van der Waals surface area contributed by atoms with Crippen molar-refractivity contribution in [2.45, 2.75) is 17.5 Å². The number of allylic oxidation sites excluding steroid dienone is 1. The molecule has 88 valence electrons. The predicted molar refractivity (Wildman–Crippen MR) is 65.6 cm³/mol. The Labute approximate surface area is 103 Å². The first-order valence-corrected chi connectivity index (χ1v) is 6.04. The molecule has 0 aliphatic carbocycles. The molecule has 5 nitrogen and oxygen atoms in total. The highest BCUT2D eigenvalue weighted by Crippen LogP contribution is 2.19. The van der Waals surface area contributed by atoms with Crippen LogP contribution in [0.3, 0.4) is 0 Å². The maximum absolute atomic E-state index is 9.11. The summed E-state index contributed by atoms with van der Waals surface area (Å²) in [5.74, 6) is 0.831. The Morgan fingerprint density at radius 3 is 2.82 bits per heavy atom. The van der Waals surface area contributed by atoms with Crippen LogP contribution in [-0.4, -0.2) is 25.3 Å². The normalized spacial score (nSPS) is 10.4. The predicted octanol–water partition coefficient (Wildman–Crippen LogP) is 2.04. The van der Waals surface area contributed by atoms with Gasteiger partial charge in [-0.2, -0.15) is 0 Å². The summed E-state index contributed by atoms with van der Waals surface area (Å²) in [6.07, 6.45) is 0. The second-order valence-corrected chi connectivity index (χ2v) is 4.40. The van der Waals surface area contributed by atoms with Crippen molar-refractivity contribution in [3.63, 3.8) is 0 Å². The molecular formula is C11H12N4OS. The zero-order valence-corrected chi connectivity index (χ0v) is 9.97. The average molecular weight is 248 g/mol. The SMILES string of the molecule is C=C(O)Cn1nnnc1SCc1ccccc1. The summed E-state index contributed by atoms with van der Waals surface area (Å²) in [7, 11) is 0. The van der Waals surface area contributed by atoms with Crippen molar-refractivity contribution in [3.8, 4) is 0 Å². The van der Waals surface area contributed by atoms with Gasteiger partial charge in [-0.25, -0.2) is 4.68 Å². The summed E-state index contributed by atoms with van der Waals surface area (Å²) in [5, 5.41) is 21.0. The Bertz CT molecular complexity index is 497. The lowest BCUT2D eigenvalue weighted by molar-refractivity contribution is 0.361. The van der Waals surface area contributed by atoms with E-state index in [-0.39, 0.29) is 12.3 Å². The highest BCUT2D eigenvalue weighted by molar-refractivity contribution is 7.98. The number of thioether (sulfide) groups is 1. The molecule has 0 amide bonds. The van der Waals surface area contributed by atoms with Gasteiger partial charge in [-0.05, 0) is 16.0 Å². The Morgan fingerprint density at radius 2 is 2.12 bits per heavy atom. The molecule has 6 heteroatoms. The van der Waals surface area contributed by atoms with Crippen molar-refractivity contribution in [1.29, 1.82) is 0 Å². The summed E-state index contributed by atoms with van der Waals surface area (Å²) in [6, 6.07) is 10.1. The number of hydrogen-bond acceptors (Lipinski definition) is 5. The molecule has 0 atom stereocenters. The summed E-state index contributed by atoms with van der Waals surface area (Å²) in [5.41, 5.74) is 1.20. The second-order valence-electron chi connectivity index (χ2n) is 3.46. The smallest absolute Gasteiger partial charge is 0.210 e. The minimum absolute atomic E-state index is 0.0406. The molecule has 0 radical (unpaired) electrons. The number of benzene rings is 1. The van der Waals surface area contributed by atoms with Crippen molar-refractivity contribution in [2.75, 3.05) is 0 Å². The fourth-order valence-corrected chi connectivity index (χ4v) is 2.13. The van der Waals surface area contributed by atoms with Gasteiger partial charge in [-0.15, -0.1) is 5.10 Å². The molecule has 0 fully saturated rings. The number of hydrogen-bond donors (Lipinski definition) is 1. The van der Waals surface area contributed by atoms with Crippen LogP contribution in [0.15, 0.2) is 47.8 Å². The summed E-state index contributed by atoms with van der Waals surface area (Å²) < 4.78 is 1.52. The van der Waals surface area contributed by atoms with Gasteiger partial charge < -0.3 is 5.11 Å². The van der Waals surface area contributed by atoms with Gasteiger partial charge in [0.15, 0.2) is 0 Å². The van der Waals surface area contributed by atoms with Gasteiger partial charge >= 0.3 is 0 Å². The molecular weight excluding hydrogens is 236 g/mol. The first-order chi connectivity index (χ1) is 8.25. The highest BCUT2D eigenvalue weighted by Gasteiger charge is 2.07. The van der Waals surface area contributed by atoms with Crippen molar-refractivity contribution < 1.29 is 5.11 Å². The van der Waals surface area contributed by atoms with E-state index in [2.05, 4.69) is 22.1 Å². The van der Waals surface area contributed by atoms with E-state index in [4.69, 9.17) is 5.11 Å². The molecule has 0 aliphatic rings. The Morgan fingerprint density at radius 1 is 1.35 bits per heavy atom. The quantitative estimate of drug-likeness (QED) is 0.648. The van der Waals surface area contributed by atoms with Crippen LogP contribution in [-0.2, 0) is 12.3 Å². The maximum atomic E-state index is 9.11. The van der Waals surface area contributed by atoms with Crippen LogP contribution < -0.4 is 0 Å². The van der Waals surface area contributed by atoms with Crippen LogP contribution in [0.1, 0.15) is 5.56 Å². The molecule has 0 bridgehead atoms. The Kier molecular flexibility index (Phi) is 3.77. The van der Waals surface area contributed by atoms with E-state index in [0.29, 0.717) is 5.16 Å². The number of rotatable bonds is 5. The second kappa shape index (κ2) is 5.49. The average Bonchev–Trinajstić information content (AvgIpc) is 2.74. The number of nitrogens with zero attached hydrogens (tertiary/aromatic N) is 4. The standard InChI is InChI=1S/C11H12N4OS/c1-9(16)7-15-11(12-13-14-15)17-8-10-5-3-2-4-6-10/h2-6,16H,1,7-8H2. The molecule has 17 heavy (non-hydrogen) atoms. The van der Waals surface area contributed by atoms with Crippen molar-refractivity contribution in [2.24, 2.45) is 0 Å². The number of tetrazole rings is 1. The van der Waals surface area contributed by atoms with Crippen LogP contribution >= 0.6 is 11.8 Å². The molecule has 1 N–H and O–H groups in total. The lowest BCUT2D eigenvalue weighted by Crippen LogP contribution is -2.04. The van der Waals surface area contributed by atoms with Crippen LogP contribution in [0.25, 0.3) is 0 Å². The molecule has 0 unspecified atom stereocenters. The summed E-state index contributed by atoms with van der Waals surface area (Å²) >= 11 is 1.52. The Balaban J connectivity index is 2.00. The monoisotopic (exact) mass is 248 g/mol. The van der Waals surface area contributed by atoms with Gasteiger partial charge in [0.1, 0.15) is 12.3 Å². The molecule has 1 aromatic heterocycles. The van der Waals surface area contributed by atoms with E-state index in [1.807, 2.05) is 30.3 Å². The van der Waals surface area contributed by atoms with E-state index in [1.165, 1.54) is 22.0 Å². The number of aliphatic hydroxyl groups is 1. The first kappa shape index (κ1) is 11.7. The third-order valence-electron chi connectivity index (χ3n) is 2.04. The molecule has 1 aromatic carbocycles. The van der Waals surface area contributed by atoms with Crippen molar-refractivity contribution in [1.82, 2.24) is 20.2 Å². The van der Waals surface area contributed by atoms with E-state index < -0.39 is 0 Å². The maximum Gasteiger partial charge on any atom is 0.210 e. The fraction of sp³-hybridized carbons (Fsp3) is 0.182. The van der Waals surface area contributed by atoms with E-state index in [1.54, 1.807) is 0 Å². The molecule has 2 rings (SSSR count). The van der Waals surface area contributed by atoms with Crippen molar-refractivity contribution in [3.05, 3.63) is 48.2 Å². The van der Waals surface area contributed by atoms with Gasteiger partial charge in [0.2, 0.25) is 5.16 Å². The topological polar surface area (TPSA) is 63.8 Å². The van der Waals surface area contributed by atoms with Crippen LogP contribution in [0.4, 0.5) is 0 Å². The van der Waals surface area contributed by atoms with E-state index in [0.717, 1.165) is 5.75 Å². The van der Waals surface area contributed by atoms with E-state index in [9.17, 15) is 0 Å². The van der Waals surface area contributed by atoms with Crippen LogP contribution in [0.2, 0.25) is 0 Å². The lowest BCUT2D eigenvalue weighted by Gasteiger charge is -2.02. The Hall–Kier alpha value is -1.82. The zero-order valence-electron chi connectivity index (χ0n) is 9.15. The summed E-state index contributed by atoms with van der Waals surface area (Å²) in [4.78, 5) is 0.